The molecule has 0 saturated heterocycles. The van der Waals surface area contributed by atoms with Crippen LogP contribution >= 0.6 is 0 Å². The molecular weight excluding hydrogens is 640 g/mol. The molecular formula is C44H36O7. The van der Waals surface area contributed by atoms with Crippen molar-refractivity contribution in [1.82, 2.24) is 0 Å². The normalized spacial score (nSPS) is 11.7. The zero-order chi connectivity index (χ0) is 34.8. The van der Waals surface area contributed by atoms with Crippen molar-refractivity contribution < 1.29 is 33.2 Å². The molecule has 0 fully saturated rings. The van der Waals surface area contributed by atoms with Gasteiger partial charge in [0.1, 0.15) is 49.2 Å². The summed E-state index contributed by atoms with van der Waals surface area (Å²) in [6.07, 6.45) is 0. The van der Waals surface area contributed by atoms with E-state index in [-0.39, 0.29) is 30.3 Å². The van der Waals surface area contributed by atoms with Gasteiger partial charge in [-0.25, -0.2) is 0 Å². The third-order valence-corrected chi connectivity index (χ3v) is 8.23. The third-order valence-electron chi connectivity index (χ3n) is 8.23. The number of methoxy groups -OCH3 is 1. The first-order chi connectivity index (χ1) is 25.1. The fourth-order valence-corrected chi connectivity index (χ4v) is 5.51. The van der Waals surface area contributed by atoms with Gasteiger partial charge < -0.3 is 28.4 Å². The highest BCUT2D eigenvalue weighted by molar-refractivity contribution is 6.18. The van der Waals surface area contributed by atoms with Gasteiger partial charge in [0.05, 0.1) is 7.11 Å². The van der Waals surface area contributed by atoms with Crippen LogP contribution in [0.4, 0.5) is 0 Å². The molecule has 0 bridgehead atoms. The lowest BCUT2D eigenvalue weighted by molar-refractivity contribution is 0.100. The Morgan fingerprint density at radius 1 is 0.490 bits per heavy atom. The highest BCUT2D eigenvalue weighted by atomic mass is 16.6. The number of rotatable bonds is 16. The van der Waals surface area contributed by atoms with Gasteiger partial charge in [-0.15, -0.1) is 0 Å². The maximum Gasteiger partial charge on any atom is 0.239 e. The van der Waals surface area contributed by atoms with Crippen molar-refractivity contribution in [2.45, 2.75) is 26.4 Å². The number of hydrogen-bond acceptors (Lipinski definition) is 7. The fourth-order valence-electron chi connectivity index (χ4n) is 5.51. The van der Waals surface area contributed by atoms with Crippen LogP contribution < -0.4 is 23.7 Å². The van der Waals surface area contributed by atoms with Gasteiger partial charge in [-0.2, -0.15) is 0 Å². The van der Waals surface area contributed by atoms with Crippen molar-refractivity contribution in [3.8, 4) is 28.7 Å². The molecule has 7 nitrogen and oxygen atoms in total. The molecule has 0 N–H and O–H groups in total. The summed E-state index contributed by atoms with van der Waals surface area (Å²) in [5.41, 5.74) is 4.84. The topological polar surface area (TPSA) is 75.8 Å². The second-order valence-electron chi connectivity index (χ2n) is 11.8. The zero-order valence-electron chi connectivity index (χ0n) is 28.1. The Labute approximate surface area is 297 Å². The van der Waals surface area contributed by atoms with Gasteiger partial charge in [-0.1, -0.05) is 121 Å². The lowest BCUT2D eigenvalue weighted by Crippen LogP contribution is -2.09. The maximum atomic E-state index is 14.4. The molecule has 1 aliphatic rings. The quantitative estimate of drug-likeness (QED) is 0.0946. The van der Waals surface area contributed by atoms with Crippen LogP contribution in [0, 0.1) is 0 Å². The summed E-state index contributed by atoms with van der Waals surface area (Å²) in [7, 11) is 1.59. The van der Waals surface area contributed by atoms with E-state index in [2.05, 4.69) is 0 Å². The SMILES string of the molecule is COc1ccc(C2=C(C(=O)c3c(OCc4ccccc4)cc(OCc4ccccc4)cc3OCc3ccccc3)O2)cc1OCc1ccccc1. The van der Waals surface area contributed by atoms with Crippen molar-refractivity contribution in [2.75, 3.05) is 7.11 Å². The van der Waals surface area contributed by atoms with E-state index in [1.807, 2.05) is 133 Å². The van der Waals surface area contributed by atoms with Crippen molar-refractivity contribution in [1.29, 1.82) is 0 Å². The Bertz CT molecular complexity index is 2050. The number of benzene rings is 6. The molecule has 51 heavy (non-hydrogen) atoms. The largest absolute Gasteiger partial charge is 0.493 e. The van der Waals surface area contributed by atoms with Gasteiger partial charge in [0.25, 0.3) is 0 Å². The number of carbonyl (C=O) groups excluding carboxylic acids is 1. The standard InChI is InChI=1S/C44H36O7/c1-46-37-23-22-35(24-38(37)48-28-32-16-8-3-9-17-32)43-44(51-43)42(45)41-39(49-29-33-18-10-4-11-19-33)25-36(47-27-31-14-6-2-7-15-31)26-40(41)50-30-34-20-12-5-13-21-34/h2-26H,27-30H2,1H3. The average Bonchev–Trinajstić information content (AvgIpc) is 4.00. The van der Waals surface area contributed by atoms with Crippen LogP contribution in [0.2, 0.25) is 0 Å². The Hall–Kier alpha value is -6.47. The molecule has 6 aromatic carbocycles. The van der Waals surface area contributed by atoms with Crippen molar-refractivity contribution >= 4 is 11.5 Å². The fraction of sp³-hybridized carbons (Fsp3) is 0.114. The molecule has 0 spiro atoms. The van der Waals surface area contributed by atoms with E-state index >= 15 is 0 Å². The number of ether oxygens (including phenoxy) is 6. The summed E-state index contributed by atoms with van der Waals surface area (Å²) < 4.78 is 36.6. The third kappa shape index (κ3) is 8.40. The first-order valence-electron chi connectivity index (χ1n) is 16.6. The number of hydrogen-bond donors (Lipinski definition) is 0. The number of ketones is 1. The van der Waals surface area contributed by atoms with Crippen LogP contribution in [-0.4, -0.2) is 12.9 Å². The van der Waals surface area contributed by atoms with E-state index in [1.54, 1.807) is 25.3 Å². The van der Waals surface area contributed by atoms with Crippen LogP contribution in [0.3, 0.4) is 0 Å². The van der Waals surface area contributed by atoms with Gasteiger partial charge in [-0.05, 0) is 40.5 Å². The summed E-state index contributed by atoms with van der Waals surface area (Å²) in [4.78, 5) is 14.4. The van der Waals surface area contributed by atoms with E-state index in [9.17, 15) is 4.79 Å². The van der Waals surface area contributed by atoms with E-state index in [1.165, 1.54) is 0 Å². The van der Waals surface area contributed by atoms with Crippen LogP contribution in [0.5, 0.6) is 28.7 Å². The predicted octanol–water partition coefficient (Wildman–Crippen LogP) is 9.59. The summed E-state index contributed by atoms with van der Waals surface area (Å²) in [5.74, 6) is 2.52. The molecule has 0 atom stereocenters. The molecule has 254 valence electrons. The first-order valence-corrected chi connectivity index (χ1v) is 16.6. The van der Waals surface area contributed by atoms with Gasteiger partial charge >= 0.3 is 0 Å². The van der Waals surface area contributed by atoms with Crippen molar-refractivity contribution in [3.63, 3.8) is 0 Å². The van der Waals surface area contributed by atoms with E-state index in [4.69, 9.17) is 28.4 Å². The Morgan fingerprint density at radius 2 is 0.922 bits per heavy atom. The number of carbonyl (C=O) groups is 1. The van der Waals surface area contributed by atoms with Crippen molar-refractivity contribution in [3.05, 3.63) is 191 Å². The Kier molecular flexibility index (Phi) is 10.3. The molecule has 0 radical (unpaired) electrons. The summed E-state index contributed by atoms with van der Waals surface area (Å²) in [6.45, 7) is 1.15. The predicted molar refractivity (Wildman–Crippen MR) is 195 cm³/mol. The molecule has 1 aliphatic heterocycles. The summed E-state index contributed by atoms with van der Waals surface area (Å²) in [5, 5.41) is 0. The first kappa shape index (κ1) is 33.0. The van der Waals surface area contributed by atoms with Crippen LogP contribution in [-0.2, 0) is 31.2 Å². The Morgan fingerprint density at radius 3 is 1.37 bits per heavy atom. The molecule has 0 aromatic heterocycles. The number of allylic oxidation sites excluding steroid dienone is 1. The second-order valence-corrected chi connectivity index (χ2v) is 11.8. The zero-order valence-corrected chi connectivity index (χ0v) is 28.1. The maximum absolute atomic E-state index is 14.4. The van der Waals surface area contributed by atoms with Gasteiger partial charge in [0, 0.05) is 17.7 Å². The van der Waals surface area contributed by atoms with Crippen LogP contribution in [0.25, 0.3) is 5.76 Å². The lowest BCUT2D eigenvalue weighted by Gasteiger charge is -2.17. The van der Waals surface area contributed by atoms with Crippen LogP contribution in [0.15, 0.2) is 157 Å². The molecule has 0 saturated carbocycles. The summed E-state index contributed by atoms with van der Waals surface area (Å²) >= 11 is 0. The van der Waals surface area contributed by atoms with E-state index < -0.39 is 0 Å². The minimum absolute atomic E-state index is 0.196. The molecule has 7 rings (SSSR count). The smallest absolute Gasteiger partial charge is 0.239 e. The molecule has 1 heterocycles. The number of Topliss-reactive ketones (excluding diaryl/α,β-unsaturated/α-hetero) is 1. The lowest BCUT2D eigenvalue weighted by atomic mass is 10.1. The minimum atomic E-state index is -0.367. The monoisotopic (exact) mass is 676 g/mol. The molecule has 0 aliphatic carbocycles. The average molecular weight is 677 g/mol. The van der Waals surface area contributed by atoms with Crippen molar-refractivity contribution in [2.24, 2.45) is 0 Å². The molecule has 0 unspecified atom stereocenters. The van der Waals surface area contributed by atoms with Crippen LogP contribution in [0.1, 0.15) is 38.2 Å². The van der Waals surface area contributed by atoms with Gasteiger partial charge in [-0.3, -0.25) is 4.79 Å². The Balaban J connectivity index is 1.23. The molecule has 6 aromatic rings. The van der Waals surface area contributed by atoms with Gasteiger partial charge in [0.2, 0.25) is 11.5 Å². The van der Waals surface area contributed by atoms with E-state index in [0.29, 0.717) is 53.3 Å². The second kappa shape index (κ2) is 15.8. The molecule has 0 amide bonds. The van der Waals surface area contributed by atoms with Gasteiger partial charge in [0.15, 0.2) is 17.3 Å². The highest BCUT2D eigenvalue weighted by Crippen LogP contribution is 2.45. The summed E-state index contributed by atoms with van der Waals surface area (Å²) in [6, 6.07) is 48.2. The molecule has 7 heteroatoms. The highest BCUT2D eigenvalue weighted by Gasteiger charge is 2.38. The van der Waals surface area contributed by atoms with E-state index in [0.717, 1.165) is 22.3 Å². The minimum Gasteiger partial charge on any atom is -0.493 e.